The minimum atomic E-state index is 0.906. The van der Waals surface area contributed by atoms with Crippen LogP contribution in [0, 0.1) is 12.8 Å². The Labute approximate surface area is 115 Å². The maximum atomic E-state index is 4.71. The molecule has 1 aromatic rings. The molecule has 1 aromatic heterocycles. The molecule has 2 rings (SSSR count). The van der Waals surface area contributed by atoms with E-state index < -0.39 is 0 Å². The van der Waals surface area contributed by atoms with Crippen LogP contribution in [-0.4, -0.2) is 29.5 Å². The van der Waals surface area contributed by atoms with Crippen molar-refractivity contribution in [1.29, 1.82) is 0 Å². The lowest BCUT2D eigenvalue weighted by atomic mass is 9.99. The third-order valence-corrected chi connectivity index (χ3v) is 4.85. The third-order valence-electron chi connectivity index (χ3n) is 3.71. The largest absolute Gasteiger partial charge is 0.312 e. The van der Waals surface area contributed by atoms with Gasteiger partial charge in [-0.2, -0.15) is 0 Å². The maximum Gasteiger partial charge on any atom is 0.107 e. The Balaban J connectivity index is 1.89. The van der Waals surface area contributed by atoms with Crippen LogP contribution in [0.3, 0.4) is 0 Å². The SMILES string of the molecule is CCNCc1sc(CN2CCC(C)CC2)nc1C. The zero-order chi connectivity index (χ0) is 13.0. The summed E-state index contributed by atoms with van der Waals surface area (Å²) in [5, 5.41) is 4.67. The molecule has 0 aliphatic carbocycles. The van der Waals surface area contributed by atoms with Gasteiger partial charge in [-0.15, -0.1) is 11.3 Å². The molecule has 1 aliphatic rings. The van der Waals surface area contributed by atoms with Crippen molar-refractivity contribution in [2.24, 2.45) is 5.92 Å². The van der Waals surface area contributed by atoms with Gasteiger partial charge in [-0.25, -0.2) is 4.98 Å². The normalized spacial score (nSPS) is 18.4. The average Bonchev–Trinajstić information content (AvgIpc) is 2.70. The predicted molar refractivity (Wildman–Crippen MR) is 77.9 cm³/mol. The number of aryl methyl sites for hydroxylation is 1. The smallest absolute Gasteiger partial charge is 0.107 e. The van der Waals surface area contributed by atoms with Crippen LogP contribution in [0.4, 0.5) is 0 Å². The van der Waals surface area contributed by atoms with Crippen LogP contribution in [0.25, 0.3) is 0 Å². The highest BCUT2D eigenvalue weighted by Crippen LogP contribution is 2.22. The predicted octanol–water partition coefficient (Wildman–Crippen LogP) is 2.79. The van der Waals surface area contributed by atoms with Gasteiger partial charge in [0, 0.05) is 11.4 Å². The van der Waals surface area contributed by atoms with Gasteiger partial charge < -0.3 is 5.32 Å². The van der Waals surface area contributed by atoms with Crippen molar-refractivity contribution in [3.63, 3.8) is 0 Å². The molecule has 18 heavy (non-hydrogen) atoms. The molecule has 2 heterocycles. The highest BCUT2D eigenvalue weighted by atomic mass is 32.1. The Morgan fingerprint density at radius 2 is 2.11 bits per heavy atom. The second-order valence-corrected chi connectivity index (χ2v) is 6.52. The number of hydrogen-bond acceptors (Lipinski definition) is 4. The molecule has 102 valence electrons. The summed E-state index contributed by atoms with van der Waals surface area (Å²) in [7, 11) is 0. The van der Waals surface area contributed by atoms with E-state index >= 15 is 0 Å². The van der Waals surface area contributed by atoms with Gasteiger partial charge in [0.25, 0.3) is 0 Å². The summed E-state index contributed by atoms with van der Waals surface area (Å²) in [4.78, 5) is 8.66. The fraction of sp³-hybridized carbons (Fsp3) is 0.786. The first kappa shape index (κ1) is 14.0. The average molecular weight is 267 g/mol. The lowest BCUT2D eigenvalue weighted by Crippen LogP contribution is -2.32. The minimum Gasteiger partial charge on any atom is -0.312 e. The standard InChI is InChI=1S/C14H25N3S/c1-4-15-9-13-12(3)16-14(18-13)10-17-7-5-11(2)6-8-17/h11,15H,4-10H2,1-3H3. The van der Waals surface area contributed by atoms with Crippen LogP contribution < -0.4 is 5.32 Å². The highest BCUT2D eigenvalue weighted by Gasteiger charge is 2.17. The Bertz CT molecular complexity index is 367. The van der Waals surface area contributed by atoms with E-state index in [2.05, 4.69) is 31.0 Å². The second kappa shape index (κ2) is 6.64. The summed E-state index contributed by atoms with van der Waals surface area (Å²) in [5.41, 5.74) is 1.21. The molecule has 3 nitrogen and oxygen atoms in total. The van der Waals surface area contributed by atoms with Gasteiger partial charge in [0.15, 0.2) is 0 Å². The van der Waals surface area contributed by atoms with Gasteiger partial charge in [0.05, 0.1) is 12.2 Å². The molecule has 1 saturated heterocycles. The lowest BCUT2D eigenvalue weighted by Gasteiger charge is -2.29. The van der Waals surface area contributed by atoms with Crippen molar-refractivity contribution >= 4 is 11.3 Å². The van der Waals surface area contributed by atoms with Gasteiger partial charge >= 0.3 is 0 Å². The minimum absolute atomic E-state index is 0.906. The van der Waals surface area contributed by atoms with E-state index in [1.165, 1.54) is 41.5 Å². The number of rotatable bonds is 5. The molecule has 1 N–H and O–H groups in total. The van der Waals surface area contributed by atoms with Crippen LogP contribution in [0.15, 0.2) is 0 Å². The summed E-state index contributed by atoms with van der Waals surface area (Å²) in [6, 6.07) is 0. The number of likely N-dealkylation sites (tertiary alicyclic amines) is 1. The highest BCUT2D eigenvalue weighted by molar-refractivity contribution is 7.11. The van der Waals surface area contributed by atoms with Crippen LogP contribution in [0.2, 0.25) is 0 Å². The van der Waals surface area contributed by atoms with Gasteiger partial charge in [-0.3, -0.25) is 4.90 Å². The monoisotopic (exact) mass is 267 g/mol. The van der Waals surface area contributed by atoms with Gasteiger partial charge in [-0.05, 0) is 45.3 Å². The fourth-order valence-electron chi connectivity index (χ4n) is 2.37. The second-order valence-electron chi connectivity index (χ2n) is 5.36. The fourth-order valence-corrected chi connectivity index (χ4v) is 3.45. The van der Waals surface area contributed by atoms with Gasteiger partial charge in [0.2, 0.25) is 0 Å². The van der Waals surface area contributed by atoms with Crippen molar-refractivity contribution < 1.29 is 0 Å². The molecule has 0 atom stereocenters. The van der Waals surface area contributed by atoms with Gasteiger partial charge in [0.1, 0.15) is 5.01 Å². The number of nitrogens with one attached hydrogen (secondary N) is 1. The molecule has 0 unspecified atom stereocenters. The Morgan fingerprint density at radius 1 is 1.39 bits per heavy atom. The van der Waals surface area contributed by atoms with Crippen LogP contribution >= 0.6 is 11.3 Å². The molecule has 0 spiro atoms. The van der Waals surface area contributed by atoms with E-state index in [1.54, 1.807) is 0 Å². The van der Waals surface area contributed by atoms with E-state index in [0.29, 0.717) is 0 Å². The Kier molecular flexibility index (Phi) is 5.15. The molecular weight excluding hydrogens is 242 g/mol. The van der Waals surface area contributed by atoms with E-state index in [4.69, 9.17) is 4.98 Å². The van der Waals surface area contributed by atoms with Crippen molar-refractivity contribution in [2.75, 3.05) is 19.6 Å². The van der Waals surface area contributed by atoms with Crippen LogP contribution in [0.1, 0.15) is 42.3 Å². The molecule has 4 heteroatoms. The summed E-state index contributed by atoms with van der Waals surface area (Å²) in [5.74, 6) is 0.906. The zero-order valence-corrected chi connectivity index (χ0v) is 12.6. The first-order valence-electron chi connectivity index (χ1n) is 7.07. The van der Waals surface area contributed by atoms with E-state index in [1.807, 2.05) is 11.3 Å². The molecule has 1 fully saturated rings. The van der Waals surface area contributed by atoms with Crippen molar-refractivity contribution in [3.05, 3.63) is 15.6 Å². The van der Waals surface area contributed by atoms with Crippen molar-refractivity contribution in [2.45, 2.75) is 46.7 Å². The van der Waals surface area contributed by atoms with E-state index in [0.717, 1.165) is 25.6 Å². The van der Waals surface area contributed by atoms with E-state index in [9.17, 15) is 0 Å². The van der Waals surface area contributed by atoms with Gasteiger partial charge in [-0.1, -0.05) is 13.8 Å². The molecule has 0 radical (unpaired) electrons. The van der Waals surface area contributed by atoms with Crippen LogP contribution in [-0.2, 0) is 13.1 Å². The topological polar surface area (TPSA) is 28.2 Å². The third kappa shape index (κ3) is 3.77. The quantitative estimate of drug-likeness (QED) is 0.889. The molecule has 0 amide bonds. The molecule has 0 bridgehead atoms. The van der Waals surface area contributed by atoms with Crippen molar-refractivity contribution in [3.8, 4) is 0 Å². The van der Waals surface area contributed by atoms with Crippen LogP contribution in [0.5, 0.6) is 0 Å². The number of aromatic nitrogens is 1. The number of thiazole rings is 1. The Morgan fingerprint density at radius 3 is 2.78 bits per heavy atom. The maximum absolute atomic E-state index is 4.71. The zero-order valence-electron chi connectivity index (χ0n) is 11.8. The number of piperidine rings is 1. The van der Waals surface area contributed by atoms with Crippen molar-refractivity contribution in [1.82, 2.24) is 15.2 Å². The lowest BCUT2D eigenvalue weighted by molar-refractivity contribution is 0.185. The molecular formula is C14H25N3S. The molecule has 1 aliphatic heterocycles. The summed E-state index contributed by atoms with van der Waals surface area (Å²) < 4.78 is 0. The molecule has 0 saturated carbocycles. The molecule has 0 aromatic carbocycles. The number of nitrogens with zero attached hydrogens (tertiary/aromatic N) is 2. The summed E-state index contributed by atoms with van der Waals surface area (Å²) in [6.07, 6.45) is 2.68. The van der Waals surface area contributed by atoms with E-state index in [-0.39, 0.29) is 0 Å². The summed E-state index contributed by atoms with van der Waals surface area (Å²) >= 11 is 1.88. The Hall–Kier alpha value is -0.450. The number of hydrogen-bond donors (Lipinski definition) is 1. The summed E-state index contributed by atoms with van der Waals surface area (Å²) in [6.45, 7) is 12.2. The first-order valence-corrected chi connectivity index (χ1v) is 7.89. The first-order chi connectivity index (χ1) is 8.69.